The second kappa shape index (κ2) is 8.80. The highest BCUT2D eigenvalue weighted by Gasteiger charge is 2.27. The number of carbonyl (C=O) groups is 1. The Morgan fingerprint density at radius 3 is 3.00 bits per heavy atom. The SMILES string of the molecule is Cc1nccn1CC[C@@H]1CCCCN1C(=O)NCc1n[nH]c2c1CCCCC2. The maximum atomic E-state index is 12.9. The molecule has 2 N–H and O–H groups in total. The summed E-state index contributed by atoms with van der Waals surface area (Å²) in [7, 11) is 0. The number of hydrogen-bond acceptors (Lipinski definition) is 3. The molecule has 1 saturated heterocycles. The highest BCUT2D eigenvalue weighted by Crippen LogP contribution is 2.23. The van der Waals surface area contributed by atoms with Crippen LogP contribution in [0, 0.1) is 6.92 Å². The summed E-state index contributed by atoms with van der Waals surface area (Å²) >= 11 is 0. The predicted octanol–water partition coefficient (Wildman–Crippen LogP) is 3.34. The molecule has 0 aromatic carbocycles. The van der Waals surface area contributed by atoms with E-state index < -0.39 is 0 Å². The first-order valence-electron chi connectivity index (χ1n) is 10.8. The molecule has 2 aromatic heterocycles. The van der Waals surface area contributed by atoms with E-state index in [0.717, 1.165) is 56.7 Å². The molecule has 7 nitrogen and oxygen atoms in total. The molecule has 3 heterocycles. The molecule has 1 atom stereocenters. The van der Waals surface area contributed by atoms with Gasteiger partial charge in [-0.3, -0.25) is 5.10 Å². The van der Waals surface area contributed by atoms with Crippen LogP contribution < -0.4 is 5.32 Å². The number of nitrogens with one attached hydrogen (secondary N) is 2. The van der Waals surface area contributed by atoms with Gasteiger partial charge < -0.3 is 14.8 Å². The molecule has 2 amide bonds. The standard InChI is InChI=1S/C21H32N6O/c1-16-22-11-14-26(16)13-10-17-7-5-6-12-27(17)21(28)23-15-20-18-8-3-2-4-9-19(18)24-25-20/h11,14,17H,2-10,12-13,15H2,1H3,(H,23,28)(H,24,25)/t17-/m0/s1. The molecule has 7 heteroatoms. The lowest BCUT2D eigenvalue weighted by Gasteiger charge is -2.36. The van der Waals surface area contributed by atoms with Crippen molar-refractivity contribution in [1.29, 1.82) is 0 Å². The summed E-state index contributed by atoms with van der Waals surface area (Å²) in [6, 6.07) is 0.351. The molecular formula is C21H32N6O. The number of H-pyrrole nitrogens is 1. The van der Waals surface area contributed by atoms with Crippen LogP contribution in [0.5, 0.6) is 0 Å². The zero-order chi connectivity index (χ0) is 19.3. The van der Waals surface area contributed by atoms with E-state index in [2.05, 4.69) is 25.1 Å². The van der Waals surface area contributed by atoms with Crippen LogP contribution in [0.25, 0.3) is 0 Å². The van der Waals surface area contributed by atoms with Crippen molar-refractivity contribution in [2.75, 3.05) is 6.54 Å². The maximum Gasteiger partial charge on any atom is 0.317 e. The lowest BCUT2D eigenvalue weighted by molar-refractivity contribution is 0.143. The zero-order valence-electron chi connectivity index (χ0n) is 16.9. The number of amides is 2. The first-order chi connectivity index (χ1) is 13.7. The van der Waals surface area contributed by atoms with Crippen molar-refractivity contribution >= 4 is 6.03 Å². The van der Waals surface area contributed by atoms with E-state index in [1.165, 1.54) is 36.9 Å². The summed E-state index contributed by atoms with van der Waals surface area (Å²) in [6.45, 7) is 4.30. The number of rotatable bonds is 5. The van der Waals surface area contributed by atoms with Gasteiger partial charge in [0.2, 0.25) is 0 Å². The van der Waals surface area contributed by atoms with Crippen LogP contribution in [0.15, 0.2) is 12.4 Å². The molecule has 1 fully saturated rings. The number of fused-ring (bicyclic) bond motifs is 1. The van der Waals surface area contributed by atoms with Crippen LogP contribution in [-0.4, -0.2) is 43.3 Å². The normalized spacial score (nSPS) is 19.9. The van der Waals surface area contributed by atoms with Gasteiger partial charge in [-0.05, 0) is 63.9 Å². The van der Waals surface area contributed by atoms with Crippen molar-refractivity contribution in [1.82, 2.24) is 30.0 Å². The molecule has 28 heavy (non-hydrogen) atoms. The predicted molar refractivity (Wildman–Crippen MR) is 108 cm³/mol. The minimum absolute atomic E-state index is 0.0532. The van der Waals surface area contributed by atoms with Crippen molar-refractivity contribution < 1.29 is 4.79 Å². The van der Waals surface area contributed by atoms with E-state index in [0.29, 0.717) is 12.6 Å². The topological polar surface area (TPSA) is 78.8 Å². The first kappa shape index (κ1) is 19.0. The second-order valence-corrected chi connectivity index (χ2v) is 8.15. The lowest BCUT2D eigenvalue weighted by Crippen LogP contribution is -2.48. The Labute approximate surface area is 166 Å². The molecule has 152 valence electrons. The first-order valence-corrected chi connectivity index (χ1v) is 10.8. The lowest BCUT2D eigenvalue weighted by atomic mass is 9.99. The van der Waals surface area contributed by atoms with Gasteiger partial charge in [0.15, 0.2) is 0 Å². The van der Waals surface area contributed by atoms with Crippen LogP contribution in [0.4, 0.5) is 4.79 Å². The molecule has 4 rings (SSSR count). The summed E-state index contributed by atoms with van der Waals surface area (Å²) < 4.78 is 2.17. The number of aromatic amines is 1. The molecule has 2 aliphatic rings. The van der Waals surface area contributed by atoms with E-state index in [1.54, 1.807) is 0 Å². The minimum Gasteiger partial charge on any atom is -0.335 e. The quantitative estimate of drug-likeness (QED) is 0.776. The molecule has 0 spiro atoms. The van der Waals surface area contributed by atoms with Crippen molar-refractivity contribution in [2.24, 2.45) is 0 Å². The zero-order valence-corrected chi connectivity index (χ0v) is 16.9. The number of imidazole rings is 1. The Morgan fingerprint density at radius 1 is 1.25 bits per heavy atom. The smallest absolute Gasteiger partial charge is 0.317 e. The van der Waals surface area contributed by atoms with E-state index in [-0.39, 0.29) is 6.03 Å². The summed E-state index contributed by atoms with van der Waals surface area (Å²) in [5, 5.41) is 10.8. The van der Waals surface area contributed by atoms with Crippen LogP contribution in [0.2, 0.25) is 0 Å². The van der Waals surface area contributed by atoms with Crippen LogP contribution in [0.1, 0.15) is 67.7 Å². The number of urea groups is 1. The van der Waals surface area contributed by atoms with Gasteiger partial charge in [-0.15, -0.1) is 0 Å². The van der Waals surface area contributed by atoms with Gasteiger partial charge in [-0.1, -0.05) is 6.42 Å². The summed E-state index contributed by atoms with van der Waals surface area (Å²) in [6.07, 6.45) is 14.1. The number of aromatic nitrogens is 4. The third-order valence-corrected chi connectivity index (χ3v) is 6.31. The average Bonchev–Trinajstić information content (AvgIpc) is 3.22. The number of hydrogen-bond donors (Lipinski definition) is 2. The van der Waals surface area contributed by atoms with Gasteiger partial charge in [0.1, 0.15) is 5.82 Å². The van der Waals surface area contributed by atoms with Crippen LogP contribution in [-0.2, 0) is 25.9 Å². The Balaban J connectivity index is 1.34. The molecular weight excluding hydrogens is 352 g/mol. The minimum atomic E-state index is 0.0532. The van der Waals surface area contributed by atoms with Gasteiger partial charge >= 0.3 is 6.03 Å². The molecule has 1 aliphatic heterocycles. The number of nitrogens with zero attached hydrogens (tertiary/aromatic N) is 4. The monoisotopic (exact) mass is 384 g/mol. The Bertz CT molecular complexity index is 795. The Kier molecular flexibility index (Phi) is 5.98. The number of carbonyl (C=O) groups excluding carboxylic acids is 1. The molecule has 1 aliphatic carbocycles. The van der Waals surface area contributed by atoms with Gasteiger partial charge in [-0.2, -0.15) is 5.10 Å². The summed E-state index contributed by atoms with van der Waals surface area (Å²) in [5.41, 5.74) is 3.63. The molecule has 0 radical (unpaired) electrons. The number of piperidine rings is 1. The fraction of sp³-hybridized carbons (Fsp3) is 0.667. The third-order valence-electron chi connectivity index (χ3n) is 6.31. The molecule has 0 saturated carbocycles. The van der Waals surface area contributed by atoms with Crippen molar-refractivity contribution in [3.05, 3.63) is 35.2 Å². The highest BCUT2D eigenvalue weighted by atomic mass is 16.2. The van der Waals surface area contributed by atoms with Gasteiger partial charge in [0, 0.05) is 37.2 Å². The fourth-order valence-corrected chi connectivity index (χ4v) is 4.63. The number of aryl methyl sites for hydroxylation is 3. The Morgan fingerprint density at radius 2 is 2.14 bits per heavy atom. The highest BCUT2D eigenvalue weighted by molar-refractivity contribution is 5.74. The number of likely N-dealkylation sites (tertiary alicyclic amines) is 1. The Hall–Kier alpha value is -2.31. The van der Waals surface area contributed by atoms with Crippen molar-refractivity contribution in [2.45, 2.75) is 83.8 Å². The van der Waals surface area contributed by atoms with Gasteiger partial charge in [-0.25, -0.2) is 9.78 Å². The van der Waals surface area contributed by atoms with Crippen LogP contribution in [0.3, 0.4) is 0 Å². The van der Waals surface area contributed by atoms with E-state index >= 15 is 0 Å². The maximum absolute atomic E-state index is 12.9. The van der Waals surface area contributed by atoms with E-state index in [9.17, 15) is 4.79 Å². The fourth-order valence-electron chi connectivity index (χ4n) is 4.63. The molecule has 0 unspecified atom stereocenters. The third kappa shape index (κ3) is 4.23. The molecule has 0 bridgehead atoms. The largest absolute Gasteiger partial charge is 0.335 e. The van der Waals surface area contributed by atoms with Crippen molar-refractivity contribution in [3.63, 3.8) is 0 Å². The van der Waals surface area contributed by atoms with Crippen LogP contribution >= 0.6 is 0 Å². The van der Waals surface area contributed by atoms with Crippen molar-refractivity contribution in [3.8, 4) is 0 Å². The van der Waals surface area contributed by atoms with E-state index in [1.807, 2.05) is 24.2 Å². The summed E-state index contributed by atoms with van der Waals surface area (Å²) in [4.78, 5) is 19.3. The molecule has 2 aromatic rings. The average molecular weight is 385 g/mol. The van der Waals surface area contributed by atoms with E-state index in [4.69, 9.17) is 0 Å². The second-order valence-electron chi connectivity index (χ2n) is 8.15. The summed E-state index contributed by atoms with van der Waals surface area (Å²) in [5.74, 6) is 1.03. The van der Waals surface area contributed by atoms with Gasteiger partial charge in [0.25, 0.3) is 0 Å². The van der Waals surface area contributed by atoms with Gasteiger partial charge in [0.05, 0.1) is 12.2 Å².